The quantitative estimate of drug-likeness (QED) is 0.565. The van der Waals surface area contributed by atoms with E-state index in [1.165, 1.54) is 0 Å². The van der Waals surface area contributed by atoms with Crippen molar-refractivity contribution < 1.29 is 4.79 Å². The average Bonchev–Trinajstić information content (AvgIpc) is 2.78. The fraction of sp³-hybridized carbons (Fsp3) is 0.667. The Kier molecular flexibility index (Phi) is 11.5. The molecule has 1 heterocycles. The first-order chi connectivity index (χ1) is 8.54. The molecule has 0 aliphatic heterocycles. The molecule has 2 atom stereocenters. The van der Waals surface area contributed by atoms with Crippen molar-refractivity contribution in [3.05, 3.63) is 11.9 Å². The number of aromatic amines is 1. The number of hydrogen-bond acceptors (Lipinski definition) is 4. The van der Waals surface area contributed by atoms with Crippen molar-refractivity contribution >= 4 is 36.7 Å². The summed E-state index contributed by atoms with van der Waals surface area (Å²) < 4.78 is 0. The summed E-state index contributed by atoms with van der Waals surface area (Å²) in [6.07, 6.45) is 4.26. The first kappa shape index (κ1) is 21.3. The highest BCUT2D eigenvalue weighted by Crippen LogP contribution is 2.05. The fourth-order valence-corrected chi connectivity index (χ4v) is 1.62. The molecule has 0 saturated heterocycles. The van der Waals surface area contributed by atoms with Gasteiger partial charge in [-0.05, 0) is 18.8 Å². The van der Waals surface area contributed by atoms with Gasteiger partial charge >= 0.3 is 0 Å². The van der Waals surface area contributed by atoms with Gasteiger partial charge in [-0.2, -0.15) is 0 Å². The lowest BCUT2D eigenvalue weighted by Gasteiger charge is -2.17. The topological polar surface area (TPSA) is 110 Å². The smallest absolute Gasteiger partial charge is 0.237 e. The van der Waals surface area contributed by atoms with Gasteiger partial charge in [0.15, 0.2) is 5.95 Å². The summed E-state index contributed by atoms with van der Waals surface area (Å²) in [4.78, 5) is 18.5. The number of carbonyl (C=O) groups excluding carboxylic acids is 1. The maximum Gasteiger partial charge on any atom is 0.237 e. The third-order valence-corrected chi connectivity index (χ3v) is 3.13. The minimum absolute atomic E-state index is 0. The van der Waals surface area contributed by atoms with Gasteiger partial charge in [-0.1, -0.05) is 20.3 Å². The molecule has 0 radical (unpaired) electrons. The molecule has 0 aliphatic carbocycles. The number of aromatic nitrogens is 2. The van der Waals surface area contributed by atoms with Crippen molar-refractivity contribution in [1.29, 1.82) is 0 Å². The number of imidazole rings is 1. The van der Waals surface area contributed by atoms with Crippen LogP contribution in [0.1, 0.15) is 32.4 Å². The Morgan fingerprint density at radius 1 is 1.50 bits per heavy atom. The van der Waals surface area contributed by atoms with Crippen LogP contribution in [-0.4, -0.2) is 28.5 Å². The van der Waals surface area contributed by atoms with E-state index in [9.17, 15) is 4.79 Å². The number of aryl methyl sites for hydroxylation is 1. The molecule has 1 aromatic rings. The molecule has 0 spiro atoms. The van der Waals surface area contributed by atoms with Crippen LogP contribution in [0.5, 0.6) is 0 Å². The molecule has 6 N–H and O–H groups in total. The number of amides is 1. The number of nitrogen functional groups attached to an aromatic ring is 1. The first-order valence-electron chi connectivity index (χ1n) is 6.37. The largest absolute Gasteiger partial charge is 0.369 e. The first-order valence-corrected chi connectivity index (χ1v) is 6.37. The molecular weight excluding hydrogens is 301 g/mol. The number of carbonyl (C=O) groups is 1. The minimum Gasteiger partial charge on any atom is -0.369 e. The minimum atomic E-state index is -0.419. The van der Waals surface area contributed by atoms with E-state index < -0.39 is 6.04 Å². The van der Waals surface area contributed by atoms with Crippen LogP contribution < -0.4 is 16.8 Å². The molecule has 1 rings (SSSR count). The predicted octanol–water partition coefficient (Wildman–Crippen LogP) is 1.26. The second kappa shape index (κ2) is 10.8. The molecule has 0 unspecified atom stereocenters. The molecule has 20 heavy (non-hydrogen) atoms. The molecule has 0 saturated carbocycles. The van der Waals surface area contributed by atoms with Crippen LogP contribution in [-0.2, 0) is 11.2 Å². The van der Waals surface area contributed by atoms with Gasteiger partial charge in [-0.3, -0.25) is 4.79 Å². The Bertz CT molecular complexity index is 386. The Hall–Kier alpha value is -0.980. The summed E-state index contributed by atoms with van der Waals surface area (Å²) >= 11 is 0. The summed E-state index contributed by atoms with van der Waals surface area (Å²) in [5.41, 5.74) is 12.3. The van der Waals surface area contributed by atoms with Crippen LogP contribution >= 0.6 is 24.8 Å². The second-order valence-electron chi connectivity index (χ2n) is 4.60. The summed E-state index contributed by atoms with van der Waals surface area (Å²) in [5, 5.41) is 2.85. The van der Waals surface area contributed by atoms with Crippen molar-refractivity contribution in [3.8, 4) is 0 Å². The van der Waals surface area contributed by atoms with Crippen molar-refractivity contribution in [1.82, 2.24) is 15.3 Å². The Morgan fingerprint density at radius 2 is 2.15 bits per heavy atom. The number of nitrogens with one attached hydrogen (secondary N) is 2. The zero-order chi connectivity index (χ0) is 13.5. The van der Waals surface area contributed by atoms with Gasteiger partial charge in [-0.15, -0.1) is 24.8 Å². The molecule has 0 bridgehead atoms. The van der Waals surface area contributed by atoms with Crippen molar-refractivity contribution in [2.75, 3.05) is 12.3 Å². The van der Waals surface area contributed by atoms with Crippen LogP contribution in [0.3, 0.4) is 0 Å². The fourth-order valence-electron chi connectivity index (χ4n) is 1.62. The third kappa shape index (κ3) is 6.98. The number of H-pyrrole nitrogens is 1. The molecule has 6 nitrogen and oxygen atoms in total. The van der Waals surface area contributed by atoms with Gasteiger partial charge in [0.2, 0.25) is 5.91 Å². The van der Waals surface area contributed by atoms with E-state index in [1.54, 1.807) is 6.20 Å². The van der Waals surface area contributed by atoms with E-state index >= 15 is 0 Å². The van der Waals surface area contributed by atoms with E-state index in [0.29, 0.717) is 12.5 Å². The third-order valence-electron chi connectivity index (χ3n) is 3.13. The maximum absolute atomic E-state index is 11.7. The van der Waals surface area contributed by atoms with Gasteiger partial charge in [0.25, 0.3) is 0 Å². The van der Waals surface area contributed by atoms with Gasteiger partial charge in [-0.25, -0.2) is 4.98 Å². The van der Waals surface area contributed by atoms with Gasteiger partial charge in [0, 0.05) is 12.2 Å². The van der Waals surface area contributed by atoms with E-state index in [4.69, 9.17) is 11.5 Å². The molecule has 8 heteroatoms. The van der Waals surface area contributed by atoms with E-state index in [0.717, 1.165) is 25.0 Å². The lowest BCUT2D eigenvalue weighted by molar-refractivity contribution is -0.123. The van der Waals surface area contributed by atoms with Gasteiger partial charge < -0.3 is 21.8 Å². The van der Waals surface area contributed by atoms with E-state index in [-0.39, 0.29) is 36.6 Å². The number of nitrogens with two attached hydrogens (primary N) is 2. The lowest BCUT2D eigenvalue weighted by Crippen LogP contribution is -2.44. The normalized spacial score (nSPS) is 12.8. The monoisotopic (exact) mass is 325 g/mol. The summed E-state index contributed by atoms with van der Waals surface area (Å²) in [7, 11) is 0. The molecular formula is C12H25Cl2N5O. The average molecular weight is 326 g/mol. The highest BCUT2D eigenvalue weighted by Gasteiger charge is 2.18. The molecule has 118 valence electrons. The standard InChI is InChI=1S/C12H23N5O.2ClH/c1-3-8(2)10(13)11(18)15-6-4-5-9-7-16-12(14)17-9;;/h7-8,10H,3-6,13H2,1-2H3,(H,15,18)(H3,14,16,17);2*1H/t8-,10-;;/m0../s1. The molecule has 1 amide bonds. The summed E-state index contributed by atoms with van der Waals surface area (Å²) in [6, 6.07) is -0.419. The maximum atomic E-state index is 11.7. The lowest BCUT2D eigenvalue weighted by atomic mass is 9.99. The second-order valence-corrected chi connectivity index (χ2v) is 4.60. The summed E-state index contributed by atoms with van der Waals surface area (Å²) in [6.45, 7) is 4.62. The highest BCUT2D eigenvalue weighted by atomic mass is 35.5. The van der Waals surface area contributed by atoms with E-state index in [1.807, 2.05) is 13.8 Å². The van der Waals surface area contributed by atoms with Crippen molar-refractivity contribution in [3.63, 3.8) is 0 Å². The van der Waals surface area contributed by atoms with Gasteiger partial charge in [0.05, 0.1) is 12.2 Å². The van der Waals surface area contributed by atoms with Crippen molar-refractivity contribution in [2.45, 2.75) is 39.2 Å². The predicted molar refractivity (Wildman–Crippen MR) is 86.3 cm³/mol. The zero-order valence-electron chi connectivity index (χ0n) is 11.9. The number of rotatable bonds is 7. The van der Waals surface area contributed by atoms with Crippen LogP contribution in [0.25, 0.3) is 0 Å². The molecule has 0 aromatic carbocycles. The van der Waals surface area contributed by atoms with Crippen LogP contribution in [0.15, 0.2) is 6.20 Å². The van der Waals surface area contributed by atoms with Crippen LogP contribution in [0.4, 0.5) is 5.95 Å². The SMILES string of the molecule is CC[C@H](C)[C@H](N)C(=O)NCCCc1cnc(N)[nH]1.Cl.Cl. The summed E-state index contributed by atoms with van der Waals surface area (Å²) in [5.74, 6) is 0.554. The van der Waals surface area contributed by atoms with Crippen LogP contribution in [0, 0.1) is 5.92 Å². The molecule has 1 aromatic heterocycles. The molecule has 0 aliphatic rings. The number of hydrogen-bond donors (Lipinski definition) is 4. The van der Waals surface area contributed by atoms with Crippen LogP contribution in [0.2, 0.25) is 0 Å². The number of anilines is 1. The highest BCUT2D eigenvalue weighted by molar-refractivity contribution is 5.85. The van der Waals surface area contributed by atoms with E-state index in [2.05, 4.69) is 15.3 Å². The Labute approximate surface area is 132 Å². The number of halogens is 2. The Balaban J connectivity index is 0. The Morgan fingerprint density at radius 3 is 2.65 bits per heavy atom. The number of nitrogens with zero attached hydrogens (tertiary/aromatic N) is 1. The van der Waals surface area contributed by atoms with Gasteiger partial charge in [0.1, 0.15) is 0 Å². The van der Waals surface area contributed by atoms with Crippen molar-refractivity contribution in [2.24, 2.45) is 11.7 Å². The zero-order valence-corrected chi connectivity index (χ0v) is 13.5. The molecule has 0 fully saturated rings.